The number of anilines is 1. The Morgan fingerprint density at radius 1 is 1.26 bits per heavy atom. The van der Waals surface area contributed by atoms with Gasteiger partial charge in [0.05, 0.1) is 19.6 Å². The van der Waals surface area contributed by atoms with E-state index in [9.17, 15) is 4.79 Å². The van der Waals surface area contributed by atoms with E-state index >= 15 is 0 Å². The van der Waals surface area contributed by atoms with Crippen LogP contribution in [0.3, 0.4) is 0 Å². The number of nitrogens with one attached hydrogen (secondary N) is 1. The van der Waals surface area contributed by atoms with Crippen LogP contribution >= 0.6 is 11.6 Å². The molecule has 0 radical (unpaired) electrons. The summed E-state index contributed by atoms with van der Waals surface area (Å²) in [4.78, 5) is 16.0. The number of carbonyl (C=O) groups is 1. The summed E-state index contributed by atoms with van der Waals surface area (Å²) in [6, 6.07) is 12.9. The zero-order valence-corrected chi connectivity index (χ0v) is 15.3. The summed E-state index contributed by atoms with van der Waals surface area (Å²) in [5.41, 5.74) is 1.78. The zero-order valence-electron chi connectivity index (χ0n) is 14.6. The maximum absolute atomic E-state index is 12.0. The standard InChI is InChI=1S/C19H17ClN4O3/c1-26-17-8-12(15-9-18(25)23-19-21-11-22-24(15)19)6-7-16(17)27-10-13-4-2-3-5-14(13)20/h2-8,11,15H,9-10H2,1H3,(H,21,22,23,25)/t15-/m0/s1. The number of carbonyl (C=O) groups excluding carboxylic acids is 1. The second kappa shape index (κ2) is 7.28. The third-order valence-corrected chi connectivity index (χ3v) is 4.78. The smallest absolute Gasteiger partial charge is 0.229 e. The van der Waals surface area contributed by atoms with Gasteiger partial charge in [-0.05, 0) is 23.8 Å². The van der Waals surface area contributed by atoms with Crippen LogP contribution in [0.1, 0.15) is 23.6 Å². The fourth-order valence-corrected chi connectivity index (χ4v) is 3.24. The lowest BCUT2D eigenvalue weighted by Crippen LogP contribution is -2.29. The molecule has 0 spiro atoms. The first-order valence-electron chi connectivity index (χ1n) is 8.39. The third kappa shape index (κ3) is 3.46. The highest BCUT2D eigenvalue weighted by Gasteiger charge is 2.28. The molecule has 3 aromatic rings. The van der Waals surface area contributed by atoms with Crippen LogP contribution in [0, 0.1) is 0 Å². The number of ether oxygens (including phenoxy) is 2. The van der Waals surface area contributed by atoms with Crippen LogP contribution in [-0.4, -0.2) is 27.8 Å². The van der Waals surface area contributed by atoms with Gasteiger partial charge >= 0.3 is 0 Å². The number of fused-ring (bicyclic) bond motifs is 1. The Kier molecular flexibility index (Phi) is 4.68. The van der Waals surface area contributed by atoms with Gasteiger partial charge in [0.1, 0.15) is 12.9 Å². The molecule has 0 fully saturated rings. The van der Waals surface area contributed by atoms with Crippen molar-refractivity contribution in [2.75, 3.05) is 12.4 Å². The van der Waals surface area contributed by atoms with E-state index in [-0.39, 0.29) is 18.4 Å². The van der Waals surface area contributed by atoms with Crippen molar-refractivity contribution in [3.05, 3.63) is 64.9 Å². The lowest BCUT2D eigenvalue weighted by atomic mass is 10.0. The topological polar surface area (TPSA) is 78.3 Å². The molecule has 1 atom stereocenters. The average Bonchev–Trinajstić information content (AvgIpc) is 3.15. The van der Waals surface area contributed by atoms with Gasteiger partial charge in [-0.15, -0.1) is 0 Å². The van der Waals surface area contributed by atoms with Crippen LogP contribution in [0.5, 0.6) is 11.5 Å². The second-order valence-electron chi connectivity index (χ2n) is 6.09. The van der Waals surface area contributed by atoms with E-state index in [1.165, 1.54) is 6.33 Å². The number of rotatable bonds is 5. The molecule has 27 heavy (non-hydrogen) atoms. The van der Waals surface area contributed by atoms with Crippen LogP contribution in [-0.2, 0) is 11.4 Å². The van der Waals surface area contributed by atoms with Gasteiger partial charge in [0.15, 0.2) is 11.5 Å². The van der Waals surface area contributed by atoms with Crippen molar-refractivity contribution < 1.29 is 14.3 Å². The highest BCUT2D eigenvalue weighted by Crippen LogP contribution is 2.35. The lowest BCUT2D eigenvalue weighted by Gasteiger charge is -2.24. The van der Waals surface area contributed by atoms with Crippen LogP contribution in [0.15, 0.2) is 48.8 Å². The SMILES string of the molecule is COc1cc([C@@H]2CC(=O)Nc3ncnn32)ccc1OCc1ccccc1Cl. The quantitative estimate of drug-likeness (QED) is 0.729. The average molecular weight is 385 g/mol. The van der Waals surface area contributed by atoms with Crippen molar-refractivity contribution in [2.45, 2.75) is 19.1 Å². The van der Waals surface area contributed by atoms with Crippen molar-refractivity contribution in [3.63, 3.8) is 0 Å². The van der Waals surface area contributed by atoms with Crippen molar-refractivity contribution in [2.24, 2.45) is 0 Å². The molecule has 8 heteroatoms. The Morgan fingerprint density at radius 3 is 2.93 bits per heavy atom. The predicted octanol–water partition coefficient (Wildman–Crippen LogP) is 3.45. The summed E-state index contributed by atoms with van der Waals surface area (Å²) in [7, 11) is 1.58. The van der Waals surface area contributed by atoms with Gasteiger partial charge in [0.2, 0.25) is 11.9 Å². The molecule has 1 N–H and O–H groups in total. The van der Waals surface area contributed by atoms with E-state index in [2.05, 4.69) is 15.4 Å². The Bertz CT molecular complexity index is 989. The van der Waals surface area contributed by atoms with Crippen molar-refractivity contribution in [1.29, 1.82) is 0 Å². The van der Waals surface area contributed by atoms with Crippen LogP contribution in [0.2, 0.25) is 5.02 Å². The first kappa shape index (κ1) is 17.4. The number of nitrogens with zero attached hydrogens (tertiary/aromatic N) is 3. The molecule has 0 saturated carbocycles. The second-order valence-corrected chi connectivity index (χ2v) is 6.49. The third-order valence-electron chi connectivity index (χ3n) is 4.41. The minimum Gasteiger partial charge on any atom is -0.493 e. The van der Waals surface area contributed by atoms with Crippen molar-refractivity contribution in [3.8, 4) is 11.5 Å². The highest BCUT2D eigenvalue weighted by atomic mass is 35.5. The summed E-state index contributed by atoms with van der Waals surface area (Å²) in [5.74, 6) is 1.51. The number of amides is 1. The molecule has 0 aliphatic carbocycles. The van der Waals surface area contributed by atoms with Crippen molar-refractivity contribution >= 4 is 23.5 Å². The van der Waals surface area contributed by atoms with E-state index in [0.717, 1.165) is 11.1 Å². The molecule has 4 rings (SSSR count). The minimum absolute atomic E-state index is 0.0986. The fourth-order valence-electron chi connectivity index (χ4n) is 3.05. The maximum Gasteiger partial charge on any atom is 0.229 e. The molecule has 0 unspecified atom stereocenters. The number of aromatic nitrogens is 3. The van der Waals surface area contributed by atoms with Crippen molar-refractivity contribution in [1.82, 2.24) is 14.8 Å². The summed E-state index contributed by atoms with van der Waals surface area (Å²) in [6.07, 6.45) is 1.70. The molecule has 1 aliphatic heterocycles. The zero-order chi connectivity index (χ0) is 18.8. The first-order valence-corrected chi connectivity index (χ1v) is 8.77. The summed E-state index contributed by atoms with van der Waals surface area (Å²) < 4.78 is 13.1. The van der Waals surface area contributed by atoms with E-state index in [4.69, 9.17) is 21.1 Å². The van der Waals surface area contributed by atoms with Crippen LogP contribution in [0.25, 0.3) is 0 Å². The number of hydrogen-bond donors (Lipinski definition) is 1. The maximum atomic E-state index is 12.0. The largest absolute Gasteiger partial charge is 0.493 e. The molecule has 2 aromatic carbocycles. The van der Waals surface area contributed by atoms with Gasteiger partial charge in [-0.2, -0.15) is 10.1 Å². The Labute approximate surface area is 160 Å². The monoisotopic (exact) mass is 384 g/mol. The fraction of sp³-hybridized carbons (Fsp3) is 0.211. The number of halogens is 1. The van der Waals surface area contributed by atoms with Gasteiger partial charge < -0.3 is 9.47 Å². The number of hydrogen-bond acceptors (Lipinski definition) is 5. The molecule has 0 bridgehead atoms. The van der Waals surface area contributed by atoms with Gasteiger partial charge in [-0.25, -0.2) is 4.68 Å². The first-order chi connectivity index (χ1) is 13.2. The molecule has 1 aromatic heterocycles. The summed E-state index contributed by atoms with van der Waals surface area (Å²) in [5, 5.41) is 7.57. The van der Waals surface area contributed by atoms with Gasteiger partial charge in [0, 0.05) is 10.6 Å². The van der Waals surface area contributed by atoms with E-state index < -0.39 is 0 Å². The molecular weight excluding hydrogens is 368 g/mol. The summed E-state index contributed by atoms with van der Waals surface area (Å²) in [6.45, 7) is 0.328. The van der Waals surface area contributed by atoms with Crippen LogP contribution in [0.4, 0.5) is 5.95 Å². The van der Waals surface area contributed by atoms with E-state index in [1.54, 1.807) is 11.8 Å². The Morgan fingerprint density at radius 2 is 2.11 bits per heavy atom. The van der Waals surface area contributed by atoms with Gasteiger partial charge in [0.25, 0.3) is 0 Å². The molecule has 138 valence electrons. The highest BCUT2D eigenvalue weighted by molar-refractivity contribution is 6.31. The Hall–Kier alpha value is -3.06. The van der Waals surface area contributed by atoms with E-state index in [1.807, 2.05) is 42.5 Å². The van der Waals surface area contributed by atoms with E-state index in [0.29, 0.717) is 29.1 Å². The number of methoxy groups -OCH3 is 1. The molecule has 1 amide bonds. The molecule has 7 nitrogen and oxygen atoms in total. The summed E-state index contributed by atoms with van der Waals surface area (Å²) >= 11 is 6.18. The Balaban J connectivity index is 1.59. The molecule has 2 heterocycles. The molecule has 0 saturated heterocycles. The molecular formula is C19H17ClN4O3. The number of benzene rings is 2. The lowest BCUT2D eigenvalue weighted by molar-refractivity contribution is -0.117. The van der Waals surface area contributed by atoms with Gasteiger partial charge in [-0.3, -0.25) is 10.1 Å². The minimum atomic E-state index is -0.247. The normalized spacial score (nSPS) is 15.8. The predicted molar refractivity (Wildman–Crippen MR) is 100 cm³/mol. The molecule has 1 aliphatic rings. The van der Waals surface area contributed by atoms with Crippen LogP contribution < -0.4 is 14.8 Å². The van der Waals surface area contributed by atoms with Gasteiger partial charge in [-0.1, -0.05) is 35.9 Å².